The number of hydrogen-bond acceptors (Lipinski definition) is 0. The van der Waals surface area contributed by atoms with Crippen molar-refractivity contribution in [3.05, 3.63) is 120 Å². The van der Waals surface area contributed by atoms with Gasteiger partial charge >= 0.3 is 217 Å². The molecule has 0 N–H and O–H groups in total. The first-order chi connectivity index (χ1) is 17.2. The molecule has 37 heavy (non-hydrogen) atoms. The number of halogens is 2. The van der Waals surface area contributed by atoms with Crippen molar-refractivity contribution in [2.45, 2.75) is 7.25 Å². The van der Waals surface area contributed by atoms with Crippen LogP contribution in [0.15, 0.2) is 97.1 Å². The number of para-hydroxylation sites is 2. The van der Waals surface area contributed by atoms with Crippen molar-refractivity contribution >= 4 is 21.8 Å². The maximum Gasteiger partial charge on any atom is -1.00 e. The van der Waals surface area contributed by atoms with Crippen LogP contribution in [0, 0.1) is 0 Å². The number of aromatic nitrogens is 2. The van der Waals surface area contributed by atoms with E-state index in [0.717, 1.165) is 0 Å². The monoisotopic (exact) mass is 596 g/mol. The van der Waals surface area contributed by atoms with Crippen LogP contribution < -0.4 is 24.8 Å². The van der Waals surface area contributed by atoms with E-state index < -0.39 is 23.2 Å². The van der Waals surface area contributed by atoms with Gasteiger partial charge in [0, 0.05) is 0 Å². The Balaban J connectivity index is 0.00000126. The number of benzene rings is 4. The summed E-state index contributed by atoms with van der Waals surface area (Å²) in [6, 6.07) is 36.3. The van der Waals surface area contributed by atoms with Gasteiger partial charge in [0.25, 0.3) is 0 Å². The quantitative estimate of drug-likeness (QED) is 0.287. The number of nitrogens with zero attached hydrogens (tertiary/aromatic N) is 2. The molecule has 2 unspecified atom stereocenters. The van der Waals surface area contributed by atoms with Gasteiger partial charge in [0.05, 0.1) is 0 Å². The summed E-state index contributed by atoms with van der Waals surface area (Å²) >= 11 is -1.03. The summed E-state index contributed by atoms with van der Waals surface area (Å²) in [7, 11) is 4.56. The Bertz CT molecular complexity index is 1700. The molecule has 2 atom stereocenters. The molecule has 6 aromatic rings. The van der Waals surface area contributed by atoms with Crippen molar-refractivity contribution in [3.8, 4) is 22.3 Å². The molecule has 5 heteroatoms. The second-order valence-electron chi connectivity index (χ2n) is 9.88. The number of aryl methyl sites for hydroxylation is 2. The fourth-order valence-corrected chi connectivity index (χ4v) is 12.2. The molecule has 2 nitrogen and oxygen atoms in total. The summed E-state index contributed by atoms with van der Waals surface area (Å²) in [4.78, 5) is 0. The molecule has 0 radical (unpaired) electrons. The second-order valence-corrected chi connectivity index (χ2v) is 13.5. The molecular weight excluding hydrogens is 574 g/mol. The van der Waals surface area contributed by atoms with Crippen molar-refractivity contribution in [3.63, 3.8) is 0 Å². The Hall–Kier alpha value is -2.58. The Labute approximate surface area is 240 Å². The first-order valence-corrected chi connectivity index (χ1v) is 15.2. The predicted octanol–water partition coefficient (Wildman–Crippen LogP) is 1.60. The molecule has 2 aromatic heterocycles. The molecule has 180 valence electrons. The topological polar surface area (TPSA) is 9.86 Å². The molecule has 2 heterocycles. The molecule has 0 saturated carbocycles. The average molecular weight is 599 g/mol. The van der Waals surface area contributed by atoms with Crippen molar-refractivity contribution < 1.29 is 48.0 Å². The van der Waals surface area contributed by atoms with Gasteiger partial charge in [-0.15, -0.1) is 0 Å². The number of fused-ring (bicyclic) bond motifs is 10. The third-order valence-electron chi connectivity index (χ3n) is 8.27. The standard InChI is InChI=1S/2C16H12N.2ClH.Zr/c2*1-17-14-9-5-4-8-13(14)16-12-7-3-2-6-11(12)10-15(16)17;;;/h2*2-10H,1H3;2*1H;/q;;;;+2/p-2. The van der Waals surface area contributed by atoms with Crippen molar-refractivity contribution in [1.82, 2.24) is 9.13 Å². The van der Waals surface area contributed by atoms with Gasteiger partial charge in [-0.3, -0.25) is 0 Å². The molecule has 0 bridgehead atoms. The van der Waals surface area contributed by atoms with Gasteiger partial charge in [0.15, 0.2) is 0 Å². The fraction of sp³-hybridized carbons (Fsp3) is 0.125. The molecule has 0 amide bonds. The van der Waals surface area contributed by atoms with Crippen LogP contribution in [0.25, 0.3) is 44.1 Å². The normalized spacial score (nSPS) is 16.4. The van der Waals surface area contributed by atoms with Crippen LogP contribution >= 0.6 is 0 Å². The third-order valence-corrected chi connectivity index (χ3v) is 12.8. The number of hydrogen-bond donors (Lipinski definition) is 0. The van der Waals surface area contributed by atoms with Crippen LogP contribution in [0.2, 0.25) is 0 Å². The van der Waals surface area contributed by atoms with E-state index in [1.807, 2.05) is 0 Å². The molecule has 0 saturated heterocycles. The molecule has 0 fully saturated rings. The van der Waals surface area contributed by atoms with Crippen molar-refractivity contribution in [1.29, 1.82) is 0 Å². The van der Waals surface area contributed by atoms with Crippen molar-refractivity contribution in [2.24, 2.45) is 14.1 Å². The summed E-state index contributed by atoms with van der Waals surface area (Å²) in [5, 5.41) is 2.80. The maximum absolute atomic E-state index is 2.50. The largest absolute Gasteiger partial charge is 1.00 e. The van der Waals surface area contributed by atoms with Crippen molar-refractivity contribution in [2.75, 3.05) is 0 Å². The molecule has 4 aromatic carbocycles. The summed E-state index contributed by atoms with van der Waals surface area (Å²) < 4.78 is 6.06. The molecule has 2 aliphatic rings. The van der Waals surface area contributed by atoms with Gasteiger partial charge < -0.3 is 24.8 Å². The van der Waals surface area contributed by atoms with E-state index in [0.29, 0.717) is 7.25 Å². The van der Waals surface area contributed by atoms with E-state index in [-0.39, 0.29) is 24.8 Å². The summed E-state index contributed by atoms with van der Waals surface area (Å²) in [5.74, 6) is 0. The predicted molar refractivity (Wildman–Crippen MR) is 140 cm³/mol. The Morgan fingerprint density at radius 2 is 0.892 bits per heavy atom. The Kier molecular flexibility index (Phi) is 6.03. The maximum atomic E-state index is 2.50. The van der Waals surface area contributed by atoms with Crippen LogP contribution in [0.5, 0.6) is 0 Å². The van der Waals surface area contributed by atoms with Crippen LogP contribution in [0.1, 0.15) is 29.8 Å². The van der Waals surface area contributed by atoms with E-state index in [2.05, 4.69) is 120 Å². The van der Waals surface area contributed by atoms with Crippen LogP contribution in [-0.4, -0.2) is 9.13 Å². The zero-order valence-corrected chi connectivity index (χ0v) is 24.5. The fourth-order valence-electron chi connectivity index (χ4n) is 6.82. The Morgan fingerprint density at radius 3 is 1.35 bits per heavy atom. The smallest absolute Gasteiger partial charge is 1.00 e. The van der Waals surface area contributed by atoms with Gasteiger partial charge in [-0.2, -0.15) is 0 Å². The van der Waals surface area contributed by atoms with Crippen LogP contribution in [0.4, 0.5) is 0 Å². The minimum Gasteiger partial charge on any atom is -1.00 e. The van der Waals surface area contributed by atoms with E-state index in [1.54, 1.807) is 22.5 Å². The van der Waals surface area contributed by atoms with Gasteiger partial charge in [0.2, 0.25) is 0 Å². The first kappa shape index (κ1) is 24.7. The van der Waals surface area contributed by atoms with E-state index in [4.69, 9.17) is 0 Å². The summed E-state index contributed by atoms with van der Waals surface area (Å²) in [6.07, 6.45) is 0. The molecule has 0 spiro atoms. The first-order valence-electron chi connectivity index (χ1n) is 12.3. The minimum absolute atomic E-state index is 0. The summed E-state index contributed by atoms with van der Waals surface area (Å²) in [6.45, 7) is 0. The molecular formula is C32H24Cl2N2Zr. The zero-order chi connectivity index (χ0) is 23.3. The molecule has 8 rings (SSSR count). The van der Waals surface area contributed by atoms with E-state index >= 15 is 0 Å². The number of rotatable bonds is 2. The second kappa shape index (κ2) is 9.02. The molecule has 0 aliphatic heterocycles. The van der Waals surface area contributed by atoms with Gasteiger partial charge in [-0.05, 0) is 0 Å². The van der Waals surface area contributed by atoms with Gasteiger partial charge in [-0.25, -0.2) is 0 Å². The van der Waals surface area contributed by atoms with Crippen LogP contribution in [-0.2, 0) is 37.3 Å². The van der Waals surface area contributed by atoms with Gasteiger partial charge in [-0.1, -0.05) is 0 Å². The van der Waals surface area contributed by atoms with Gasteiger partial charge in [0.1, 0.15) is 0 Å². The van der Waals surface area contributed by atoms with E-state index in [9.17, 15) is 0 Å². The zero-order valence-electron chi connectivity index (χ0n) is 20.5. The van der Waals surface area contributed by atoms with E-state index in [1.165, 1.54) is 44.1 Å². The SMILES string of the molecule is Cn1c2c(c3ccccc31)-c1ccccc1[CH]2[Zr+2][CH]1c2ccccc2-c2c1n(C)c1ccccc21.[Cl-].[Cl-]. The minimum atomic E-state index is -1.03. The third kappa shape index (κ3) is 3.21. The summed E-state index contributed by atoms with van der Waals surface area (Å²) in [5.41, 5.74) is 14.8. The van der Waals surface area contributed by atoms with Crippen LogP contribution in [0.3, 0.4) is 0 Å². The molecule has 2 aliphatic carbocycles. The average Bonchev–Trinajstić information content (AvgIpc) is 3.59. The Morgan fingerprint density at radius 1 is 0.514 bits per heavy atom.